The van der Waals surface area contributed by atoms with E-state index in [0.717, 1.165) is 0 Å². The second-order valence-corrected chi connectivity index (χ2v) is 10.3. The van der Waals surface area contributed by atoms with Gasteiger partial charge in [-0.25, -0.2) is 4.39 Å². The monoisotopic (exact) mass is 569 g/mol. The molecule has 0 aliphatic carbocycles. The fourth-order valence-corrected chi connectivity index (χ4v) is 4.86. The van der Waals surface area contributed by atoms with Crippen molar-refractivity contribution in [2.24, 2.45) is 5.92 Å². The molecule has 0 spiro atoms. The second-order valence-electron chi connectivity index (χ2n) is 10.3. The molecule has 2 aromatic rings. The molecule has 3 rings (SSSR count). The van der Waals surface area contributed by atoms with Crippen LogP contribution in [0.4, 0.5) is 10.1 Å². The molecular formula is C30H40FN5O5. The number of aryl methyl sites for hydroxylation is 1. The summed E-state index contributed by atoms with van der Waals surface area (Å²) in [5.41, 5.74) is 3.62. The summed E-state index contributed by atoms with van der Waals surface area (Å²) in [6.07, 6.45) is 2.35. The minimum Gasteiger partial charge on any atom is -0.370 e. The molecule has 1 aliphatic rings. The van der Waals surface area contributed by atoms with Crippen LogP contribution in [0.2, 0.25) is 0 Å². The number of nitrogens with one attached hydrogen (secondary N) is 4. The van der Waals surface area contributed by atoms with Crippen LogP contribution < -0.4 is 16.0 Å². The van der Waals surface area contributed by atoms with Crippen molar-refractivity contribution in [3.63, 3.8) is 0 Å². The second kappa shape index (κ2) is 14.2. The topological polar surface area (TPSA) is 133 Å². The molecule has 2 unspecified atom stereocenters. The number of benzene rings is 1. The number of aromatic amines is 1. The molecule has 222 valence electrons. The lowest BCUT2D eigenvalue weighted by Gasteiger charge is -2.25. The van der Waals surface area contributed by atoms with E-state index in [9.17, 15) is 23.6 Å². The van der Waals surface area contributed by atoms with Crippen molar-refractivity contribution in [2.45, 2.75) is 53.5 Å². The summed E-state index contributed by atoms with van der Waals surface area (Å²) in [6.45, 7) is 10.3. The normalized spacial score (nSPS) is 14.9. The van der Waals surface area contributed by atoms with Gasteiger partial charge in [0.1, 0.15) is 11.6 Å². The molecule has 0 bridgehead atoms. The minimum absolute atomic E-state index is 0.0224. The van der Waals surface area contributed by atoms with Gasteiger partial charge in [0.2, 0.25) is 5.91 Å². The number of amides is 3. The zero-order valence-corrected chi connectivity index (χ0v) is 24.6. The van der Waals surface area contributed by atoms with Gasteiger partial charge >= 0.3 is 0 Å². The highest BCUT2D eigenvalue weighted by molar-refractivity contribution is 6.34. The summed E-state index contributed by atoms with van der Waals surface area (Å²) in [5, 5.41) is 8.57. The first-order valence-electron chi connectivity index (χ1n) is 13.8. The molecule has 4 N–H and O–H groups in total. The van der Waals surface area contributed by atoms with Crippen molar-refractivity contribution in [2.75, 3.05) is 38.8 Å². The van der Waals surface area contributed by atoms with E-state index in [1.54, 1.807) is 38.9 Å². The van der Waals surface area contributed by atoms with Crippen molar-refractivity contribution >= 4 is 40.8 Å². The van der Waals surface area contributed by atoms with Gasteiger partial charge in [-0.3, -0.25) is 24.5 Å². The third-order valence-corrected chi connectivity index (χ3v) is 7.38. The quantitative estimate of drug-likeness (QED) is 0.204. The lowest BCUT2D eigenvalue weighted by Crippen LogP contribution is -2.41. The van der Waals surface area contributed by atoms with Gasteiger partial charge in [-0.05, 0) is 64.0 Å². The van der Waals surface area contributed by atoms with Crippen LogP contribution in [-0.4, -0.2) is 72.9 Å². The van der Waals surface area contributed by atoms with Crippen LogP contribution >= 0.6 is 0 Å². The standard InChI is InChI=1S/C30H40FN5O5/c1-7-36(30(40)17(2)8-11-26(37)19(4)33-16-41-6)13-12-32-29(39)27-18(3)25(34-20(27)5)15-23-22-14-21(31)9-10-24(22)35-28(23)38/h9-10,14-15,17,19,33-34H,7-8,11-13,16H2,1-6H3,(H,32,39)(H,35,38)/b23-15-. The van der Waals surface area contributed by atoms with Crippen molar-refractivity contribution in [1.29, 1.82) is 0 Å². The Morgan fingerprint density at radius 1 is 1.20 bits per heavy atom. The van der Waals surface area contributed by atoms with Crippen LogP contribution in [0, 0.1) is 25.6 Å². The molecule has 0 fully saturated rings. The zero-order chi connectivity index (χ0) is 30.3. The van der Waals surface area contributed by atoms with Gasteiger partial charge < -0.3 is 25.3 Å². The van der Waals surface area contributed by atoms with Crippen LogP contribution in [0.5, 0.6) is 0 Å². The summed E-state index contributed by atoms with van der Waals surface area (Å²) < 4.78 is 18.7. The van der Waals surface area contributed by atoms with Crippen LogP contribution in [0.15, 0.2) is 18.2 Å². The number of ketones is 1. The van der Waals surface area contributed by atoms with Crippen molar-refractivity contribution in [3.05, 3.63) is 52.1 Å². The third kappa shape index (κ3) is 7.68. The number of halogens is 1. The maximum absolute atomic E-state index is 13.8. The number of aromatic nitrogens is 1. The van der Waals surface area contributed by atoms with Crippen LogP contribution in [-0.2, 0) is 19.1 Å². The predicted octanol–water partition coefficient (Wildman–Crippen LogP) is 3.41. The Kier molecular flexibility index (Phi) is 11.0. The van der Waals surface area contributed by atoms with E-state index in [-0.39, 0.29) is 55.2 Å². The maximum atomic E-state index is 13.8. The number of nitrogens with zero attached hydrogens (tertiary/aromatic N) is 1. The number of Topliss-reactive ketones (excluding diaryl/α,β-unsaturated/α-hetero) is 1. The number of fused-ring (bicyclic) bond motifs is 1. The molecule has 3 amide bonds. The summed E-state index contributed by atoms with van der Waals surface area (Å²) in [7, 11) is 1.55. The Morgan fingerprint density at radius 2 is 1.93 bits per heavy atom. The number of likely N-dealkylation sites (N-methyl/N-ethyl adjacent to an activating group) is 1. The van der Waals surface area contributed by atoms with E-state index in [2.05, 4.69) is 20.9 Å². The number of H-pyrrole nitrogens is 1. The molecular weight excluding hydrogens is 529 g/mol. The molecule has 2 heterocycles. The number of methoxy groups -OCH3 is 1. The van der Waals surface area contributed by atoms with E-state index in [1.165, 1.54) is 18.2 Å². The van der Waals surface area contributed by atoms with E-state index in [4.69, 9.17) is 4.74 Å². The van der Waals surface area contributed by atoms with E-state index < -0.39 is 5.82 Å². The van der Waals surface area contributed by atoms with Crippen molar-refractivity contribution in [3.8, 4) is 0 Å². The first kappa shape index (κ1) is 31.7. The number of rotatable bonds is 14. The Morgan fingerprint density at radius 3 is 2.61 bits per heavy atom. The lowest BCUT2D eigenvalue weighted by atomic mass is 9.99. The largest absolute Gasteiger partial charge is 0.370 e. The maximum Gasteiger partial charge on any atom is 0.256 e. The number of carbonyl (C=O) groups excluding carboxylic acids is 4. The van der Waals surface area contributed by atoms with Gasteiger partial charge in [-0.2, -0.15) is 0 Å². The molecule has 11 heteroatoms. The SMILES string of the molecule is CCN(CCNC(=O)c1c(C)[nH]c(/C=C2\C(=O)Nc3ccc(F)cc32)c1C)C(=O)C(C)CCC(=O)C(C)NCOC. The number of hydrogen-bond donors (Lipinski definition) is 4. The van der Waals surface area contributed by atoms with E-state index in [0.29, 0.717) is 58.8 Å². The van der Waals surface area contributed by atoms with Gasteiger partial charge in [0, 0.05) is 61.7 Å². The number of anilines is 1. The highest BCUT2D eigenvalue weighted by Gasteiger charge is 2.26. The van der Waals surface area contributed by atoms with Gasteiger partial charge in [0.15, 0.2) is 0 Å². The zero-order valence-electron chi connectivity index (χ0n) is 24.6. The number of ether oxygens (including phenoxy) is 1. The molecule has 0 radical (unpaired) electrons. The van der Waals surface area contributed by atoms with Crippen LogP contribution in [0.3, 0.4) is 0 Å². The molecule has 0 saturated carbocycles. The highest BCUT2D eigenvalue weighted by atomic mass is 19.1. The Hall–Kier alpha value is -3.83. The van der Waals surface area contributed by atoms with Crippen LogP contribution in [0.1, 0.15) is 66.5 Å². The first-order chi connectivity index (χ1) is 19.5. The molecule has 10 nitrogen and oxygen atoms in total. The van der Waals surface area contributed by atoms with Crippen LogP contribution in [0.25, 0.3) is 11.6 Å². The number of hydrogen-bond acceptors (Lipinski definition) is 6. The molecule has 0 saturated heterocycles. The Bertz CT molecular complexity index is 1330. The third-order valence-electron chi connectivity index (χ3n) is 7.38. The number of carbonyl (C=O) groups is 4. The predicted molar refractivity (Wildman–Crippen MR) is 156 cm³/mol. The average molecular weight is 570 g/mol. The Labute approximate surface area is 240 Å². The molecule has 1 aliphatic heterocycles. The fourth-order valence-electron chi connectivity index (χ4n) is 4.86. The molecule has 1 aromatic heterocycles. The fraction of sp³-hybridized carbons (Fsp3) is 0.467. The van der Waals surface area contributed by atoms with Gasteiger partial charge in [0.05, 0.1) is 23.9 Å². The van der Waals surface area contributed by atoms with E-state index >= 15 is 0 Å². The van der Waals surface area contributed by atoms with Gasteiger partial charge in [0.25, 0.3) is 11.8 Å². The van der Waals surface area contributed by atoms with Gasteiger partial charge in [-0.15, -0.1) is 0 Å². The highest BCUT2D eigenvalue weighted by Crippen LogP contribution is 2.34. The smallest absolute Gasteiger partial charge is 0.256 e. The average Bonchev–Trinajstić information content (AvgIpc) is 3.40. The summed E-state index contributed by atoms with van der Waals surface area (Å²) >= 11 is 0. The Balaban J connectivity index is 1.59. The molecule has 41 heavy (non-hydrogen) atoms. The summed E-state index contributed by atoms with van der Waals surface area (Å²) in [5.74, 6) is -1.47. The van der Waals surface area contributed by atoms with Gasteiger partial charge in [-0.1, -0.05) is 6.92 Å². The first-order valence-corrected chi connectivity index (χ1v) is 13.8. The lowest BCUT2D eigenvalue weighted by molar-refractivity contribution is -0.135. The van der Waals surface area contributed by atoms with Crippen molar-refractivity contribution < 1.29 is 28.3 Å². The summed E-state index contributed by atoms with van der Waals surface area (Å²) in [6, 6.07) is 3.76. The molecule has 2 atom stereocenters. The van der Waals surface area contributed by atoms with Crippen molar-refractivity contribution in [1.82, 2.24) is 20.5 Å². The summed E-state index contributed by atoms with van der Waals surface area (Å²) in [4.78, 5) is 55.7. The molecule has 1 aromatic carbocycles. The minimum atomic E-state index is -0.446. The van der Waals surface area contributed by atoms with E-state index in [1.807, 2.05) is 13.8 Å².